The third kappa shape index (κ3) is 5.21. The van der Waals surface area contributed by atoms with Crippen molar-refractivity contribution in [2.24, 2.45) is 0 Å². The molecule has 1 fully saturated rings. The van der Waals surface area contributed by atoms with E-state index in [4.69, 9.17) is 0 Å². The number of aromatic hydroxyl groups is 1. The molecule has 2 aromatic rings. The van der Waals surface area contributed by atoms with Crippen LogP contribution in [0.1, 0.15) is 51.2 Å². The van der Waals surface area contributed by atoms with Gasteiger partial charge in [-0.25, -0.2) is 8.42 Å². The lowest BCUT2D eigenvalue weighted by atomic mass is 9.87. The van der Waals surface area contributed by atoms with Crippen LogP contribution >= 0.6 is 0 Å². The average Bonchev–Trinajstić information content (AvgIpc) is 3.23. The molecule has 0 atom stereocenters. The van der Waals surface area contributed by atoms with E-state index < -0.39 is 10.0 Å². The summed E-state index contributed by atoms with van der Waals surface area (Å²) in [7, 11) is -3.42. The van der Waals surface area contributed by atoms with Crippen LogP contribution in [0.4, 0.5) is 5.69 Å². The molecule has 1 aliphatic rings. The van der Waals surface area contributed by atoms with Crippen LogP contribution in [0.2, 0.25) is 0 Å². The minimum atomic E-state index is -3.42. The summed E-state index contributed by atoms with van der Waals surface area (Å²) in [6.45, 7) is 7.36. The van der Waals surface area contributed by atoms with E-state index in [1.807, 2.05) is 6.07 Å². The predicted molar refractivity (Wildman–Crippen MR) is 118 cm³/mol. The maximum Gasteiger partial charge on any atom is 0.243 e. The number of aryl methyl sites for hydroxylation is 1. The van der Waals surface area contributed by atoms with Crippen molar-refractivity contribution in [1.82, 2.24) is 4.31 Å². The highest BCUT2D eigenvalue weighted by Crippen LogP contribution is 2.31. The molecule has 6 nitrogen and oxygen atoms in total. The van der Waals surface area contributed by atoms with Gasteiger partial charge in [0.05, 0.1) is 10.6 Å². The Balaban J connectivity index is 1.60. The highest BCUT2D eigenvalue weighted by atomic mass is 32.2. The number of sulfonamides is 1. The van der Waals surface area contributed by atoms with Crippen LogP contribution in [0.25, 0.3) is 0 Å². The molecule has 30 heavy (non-hydrogen) atoms. The number of benzene rings is 2. The van der Waals surface area contributed by atoms with Gasteiger partial charge in [0.1, 0.15) is 5.75 Å². The Morgan fingerprint density at radius 1 is 1.07 bits per heavy atom. The fourth-order valence-corrected chi connectivity index (χ4v) is 5.00. The molecule has 2 aromatic carbocycles. The van der Waals surface area contributed by atoms with Gasteiger partial charge in [0.25, 0.3) is 0 Å². The van der Waals surface area contributed by atoms with Crippen LogP contribution in [-0.4, -0.2) is 36.8 Å². The Labute approximate surface area is 179 Å². The number of nitrogens with zero attached hydrogens (tertiary/aromatic N) is 1. The molecule has 0 bridgehead atoms. The minimum absolute atomic E-state index is 0.0350. The first-order valence-electron chi connectivity index (χ1n) is 10.3. The number of phenolic OH excluding ortho intramolecular Hbond substituents is 1. The van der Waals surface area contributed by atoms with Crippen molar-refractivity contribution in [2.45, 2.75) is 56.8 Å². The lowest BCUT2D eigenvalue weighted by molar-refractivity contribution is -0.116. The first-order chi connectivity index (χ1) is 14.1. The highest BCUT2D eigenvalue weighted by molar-refractivity contribution is 7.89. The zero-order valence-electron chi connectivity index (χ0n) is 17.8. The predicted octanol–water partition coefficient (Wildman–Crippen LogP) is 4.05. The van der Waals surface area contributed by atoms with E-state index in [0.717, 1.165) is 24.0 Å². The zero-order chi connectivity index (χ0) is 21.9. The molecule has 3 rings (SSSR count). The van der Waals surface area contributed by atoms with Gasteiger partial charge in [-0.15, -0.1) is 0 Å². The van der Waals surface area contributed by atoms with Gasteiger partial charge in [-0.3, -0.25) is 4.79 Å². The summed E-state index contributed by atoms with van der Waals surface area (Å²) in [5.74, 6) is -0.169. The van der Waals surface area contributed by atoms with E-state index in [1.165, 1.54) is 4.31 Å². The first kappa shape index (κ1) is 22.3. The number of carbonyl (C=O) groups excluding carboxylic acids is 1. The van der Waals surface area contributed by atoms with E-state index in [0.29, 0.717) is 30.1 Å². The van der Waals surface area contributed by atoms with Crippen LogP contribution in [0, 0.1) is 0 Å². The molecule has 0 radical (unpaired) electrons. The van der Waals surface area contributed by atoms with Gasteiger partial charge in [0.2, 0.25) is 15.9 Å². The fourth-order valence-electron chi connectivity index (χ4n) is 3.48. The number of carbonyl (C=O) groups is 1. The zero-order valence-corrected chi connectivity index (χ0v) is 18.6. The molecule has 0 saturated carbocycles. The van der Waals surface area contributed by atoms with Gasteiger partial charge >= 0.3 is 0 Å². The maximum absolute atomic E-state index is 12.6. The normalized spacial score (nSPS) is 15.3. The van der Waals surface area contributed by atoms with Crippen molar-refractivity contribution in [2.75, 3.05) is 18.4 Å². The van der Waals surface area contributed by atoms with Gasteiger partial charge in [0, 0.05) is 19.5 Å². The molecule has 0 aliphatic carbocycles. The molecule has 0 spiro atoms. The average molecular weight is 431 g/mol. The van der Waals surface area contributed by atoms with Crippen molar-refractivity contribution in [3.05, 3.63) is 53.6 Å². The summed E-state index contributed by atoms with van der Waals surface area (Å²) in [6, 6.07) is 12.0. The SMILES string of the molecule is CC(C)(C)c1ccc(O)c(NC(=O)CCc2ccc(S(=O)(=O)N3CCCC3)cc2)c1. The molecule has 1 aliphatic heterocycles. The summed E-state index contributed by atoms with van der Waals surface area (Å²) in [4.78, 5) is 12.7. The summed E-state index contributed by atoms with van der Waals surface area (Å²) < 4.78 is 26.7. The Hall–Kier alpha value is -2.38. The number of phenols is 1. The minimum Gasteiger partial charge on any atom is -0.506 e. The van der Waals surface area contributed by atoms with Gasteiger partial charge in [-0.2, -0.15) is 4.31 Å². The van der Waals surface area contributed by atoms with E-state index in [9.17, 15) is 18.3 Å². The largest absolute Gasteiger partial charge is 0.506 e. The molecule has 7 heteroatoms. The smallest absolute Gasteiger partial charge is 0.243 e. The van der Waals surface area contributed by atoms with Crippen molar-refractivity contribution in [3.63, 3.8) is 0 Å². The monoisotopic (exact) mass is 430 g/mol. The lowest BCUT2D eigenvalue weighted by Gasteiger charge is -2.20. The van der Waals surface area contributed by atoms with Gasteiger partial charge in [-0.05, 0) is 60.1 Å². The fraction of sp³-hybridized carbons (Fsp3) is 0.435. The Kier molecular flexibility index (Phi) is 6.53. The molecule has 0 unspecified atom stereocenters. The number of anilines is 1. The molecular weight excluding hydrogens is 400 g/mol. The number of hydrogen-bond acceptors (Lipinski definition) is 4. The van der Waals surface area contributed by atoms with E-state index in [2.05, 4.69) is 26.1 Å². The van der Waals surface area contributed by atoms with E-state index in [-0.39, 0.29) is 23.5 Å². The Bertz CT molecular complexity index is 1000. The van der Waals surface area contributed by atoms with Gasteiger partial charge in [0.15, 0.2) is 0 Å². The first-order valence-corrected chi connectivity index (χ1v) is 11.7. The highest BCUT2D eigenvalue weighted by Gasteiger charge is 2.26. The van der Waals surface area contributed by atoms with Crippen molar-refractivity contribution >= 4 is 21.6 Å². The maximum atomic E-state index is 12.6. The Morgan fingerprint density at radius 3 is 2.30 bits per heavy atom. The van der Waals surface area contributed by atoms with Gasteiger partial charge in [-0.1, -0.05) is 39.0 Å². The summed E-state index contributed by atoms with van der Waals surface area (Å²) in [6.07, 6.45) is 2.52. The van der Waals surface area contributed by atoms with E-state index in [1.54, 1.807) is 36.4 Å². The second kappa shape index (κ2) is 8.78. The van der Waals surface area contributed by atoms with Gasteiger partial charge < -0.3 is 10.4 Å². The van der Waals surface area contributed by atoms with Crippen molar-refractivity contribution in [1.29, 1.82) is 0 Å². The van der Waals surface area contributed by atoms with Crippen LogP contribution in [0.3, 0.4) is 0 Å². The number of rotatable bonds is 6. The number of hydrogen-bond donors (Lipinski definition) is 2. The number of nitrogens with one attached hydrogen (secondary N) is 1. The molecule has 1 amide bonds. The summed E-state index contributed by atoms with van der Waals surface area (Å²) in [5.41, 5.74) is 2.22. The van der Waals surface area contributed by atoms with Crippen LogP contribution in [-0.2, 0) is 26.7 Å². The third-order valence-electron chi connectivity index (χ3n) is 5.40. The quantitative estimate of drug-likeness (QED) is 0.677. The second-order valence-corrected chi connectivity index (χ2v) is 10.7. The second-order valence-electron chi connectivity index (χ2n) is 8.79. The van der Waals surface area contributed by atoms with Crippen molar-refractivity contribution < 1.29 is 18.3 Å². The topological polar surface area (TPSA) is 86.7 Å². The molecule has 1 heterocycles. The summed E-state index contributed by atoms with van der Waals surface area (Å²) >= 11 is 0. The Morgan fingerprint density at radius 2 is 1.70 bits per heavy atom. The molecular formula is C23H30N2O4S. The van der Waals surface area contributed by atoms with Crippen LogP contribution in [0.15, 0.2) is 47.4 Å². The third-order valence-corrected chi connectivity index (χ3v) is 7.32. The lowest BCUT2D eigenvalue weighted by Crippen LogP contribution is -2.27. The van der Waals surface area contributed by atoms with Crippen molar-refractivity contribution in [3.8, 4) is 5.75 Å². The molecule has 2 N–H and O–H groups in total. The van der Waals surface area contributed by atoms with E-state index >= 15 is 0 Å². The molecule has 0 aromatic heterocycles. The van der Waals surface area contributed by atoms with Crippen LogP contribution < -0.4 is 5.32 Å². The van der Waals surface area contributed by atoms with Crippen LogP contribution in [0.5, 0.6) is 5.75 Å². The number of amides is 1. The summed E-state index contributed by atoms with van der Waals surface area (Å²) in [5, 5.41) is 12.8. The standard InChI is InChI=1S/C23H30N2O4S/c1-23(2,3)18-9-12-21(26)20(16-18)24-22(27)13-8-17-6-10-19(11-7-17)30(28,29)25-14-4-5-15-25/h6-7,9-12,16,26H,4-5,8,13-15H2,1-3H3,(H,24,27). The molecule has 162 valence electrons. The molecule has 1 saturated heterocycles.